The Morgan fingerprint density at radius 1 is 1.13 bits per heavy atom. The second kappa shape index (κ2) is 7.30. The third-order valence-corrected chi connectivity index (χ3v) is 4.31. The minimum Gasteiger partial charge on any atom is -0.497 e. The number of aliphatic hydroxyl groups is 1. The number of thioether (sulfide) groups is 1. The van der Waals surface area contributed by atoms with Crippen LogP contribution >= 0.6 is 11.8 Å². The summed E-state index contributed by atoms with van der Waals surface area (Å²) in [5.41, 5.74) is 1.83. The van der Waals surface area contributed by atoms with Crippen molar-refractivity contribution in [1.82, 2.24) is 15.2 Å². The number of hydrogen-bond donors (Lipinski definition) is 2. The molecule has 3 rings (SSSR count). The summed E-state index contributed by atoms with van der Waals surface area (Å²) in [5, 5.41) is 17.9. The van der Waals surface area contributed by atoms with Crippen molar-refractivity contribution >= 4 is 11.8 Å². The Labute approximate surface area is 138 Å². The Kier molecular flexibility index (Phi) is 4.95. The molecule has 0 aliphatic rings. The summed E-state index contributed by atoms with van der Waals surface area (Å²) in [5.74, 6) is 2.00. The number of rotatable bonds is 6. The van der Waals surface area contributed by atoms with Crippen LogP contribution in [0.15, 0.2) is 59.8 Å². The molecule has 0 bridgehead atoms. The molecule has 1 unspecified atom stereocenters. The number of methoxy groups -OCH3 is 1. The maximum atomic E-state index is 10.2. The number of H-pyrrole nitrogens is 1. The van der Waals surface area contributed by atoms with Gasteiger partial charge in [-0.1, -0.05) is 42.1 Å². The molecule has 118 valence electrons. The van der Waals surface area contributed by atoms with Crippen molar-refractivity contribution in [3.8, 4) is 17.1 Å². The lowest BCUT2D eigenvalue weighted by atomic mass is 10.1. The molecule has 0 saturated carbocycles. The van der Waals surface area contributed by atoms with Gasteiger partial charge in [0.15, 0.2) is 5.82 Å². The summed E-state index contributed by atoms with van der Waals surface area (Å²) in [6.07, 6.45) is -0.538. The summed E-state index contributed by atoms with van der Waals surface area (Å²) in [7, 11) is 1.64. The number of aromatic nitrogens is 3. The van der Waals surface area contributed by atoms with Gasteiger partial charge in [0.25, 0.3) is 0 Å². The quantitative estimate of drug-likeness (QED) is 0.680. The Balaban J connectivity index is 1.63. The molecule has 1 atom stereocenters. The second-order valence-electron chi connectivity index (χ2n) is 4.93. The largest absolute Gasteiger partial charge is 0.497 e. The number of hydrogen-bond acceptors (Lipinski definition) is 5. The van der Waals surface area contributed by atoms with Gasteiger partial charge >= 0.3 is 0 Å². The van der Waals surface area contributed by atoms with Crippen LogP contribution < -0.4 is 4.74 Å². The highest BCUT2D eigenvalue weighted by Crippen LogP contribution is 2.25. The van der Waals surface area contributed by atoms with Crippen LogP contribution in [0.5, 0.6) is 5.75 Å². The van der Waals surface area contributed by atoms with Crippen LogP contribution in [-0.2, 0) is 0 Å². The Hall–Kier alpha value is -2.31. The van der Waals surface area contributed by atoms with E-state index in [-0.39, 0.29) is 0 Å². The van der Waals surface area contributed by atoms with E-state index in [4.69, 9.17) is 4.74 Å². The Morgan fingerprint density at radius 3 is 2.57 bits per heavy atom. The van der Waals surface area contributed by atoms with Gasteiger partial charge in [-0.2, -0.15) is 0 Å². The van der Waals surface area contributed by atoms with Gasteiger partial charge in [-0.15, -0.1) is 5.10 Å². The molecule has 0 fully saturated rings. The monoisotopic (exact) mass is 327 g/mol. The molecule has 2 N–H and O–H groups in total. The maximum Gasteiger partial charge on any atom is 0.208 e. The van der Waals surface area contributed by atoms with Gasteiger partial charge in [0, 0.05) is 11.3 Å². The lowest BCUT2D eigenvalue weighted by molar-refractivity contribution is 0.204. The van der Waals surface area contributed by atoms with Gasteiger partial charge in [-0.3, -0.25) is 5.10 Å². The van der Waals surface area contributed by atoms with E-state index in [1.807, 2.05) is 54.6 Å². The average molecular weight is 327 g/mol. The number of ether oxygens (including phenoxy) is 1. The minimum atomic E-state index is -0.538. The van der Waals surface area contributed by atoms with Crippen molar-refractivity contribution in [2.24, 2.45) is 0 Å². The van der Waals surface area contributed by atoms with Crippen molar-refractivity contribution in [3.05, 3.63) is 60.2 Å². The molecule has 1 aromatic heterocycles. The van der Waals surface area contributed by atoms with Crippen molar-refractivity contribution in [1.29, 1.82) is 0 Å². The summed E-state index contributed by atoms with van der Waals surface area (Å²) in [4.78, 5) is 4.45. The van der Waals surface area contributed by atoms with Crippen LogP contribution in [0.1, 0.15) is 11.7 Å². The first-order chi connectivity index (χ1) is 11.3. The highest BCUT2D eigenvalue weighted by molar-refractivity contribution is 7.99. The molecule has 6 heteroatoms. The molecule has 0 amide bonds. The topological polar surface area (TPSA) is 71.0 Å². The van der Waals surface area contributed by atoms with Crippen LogP contribution in [0.2, 0.25) is 0 Å². The van der Waals surface area contributed by atoms with Gasteiger partial charge in [0.2, 0.25) is 5.16 Å². The van der Waals surface area contributed by atoms with Gasteiger partial charge in [0.05, 0.1) is 13.2 Å². The Bertz CT molecular complexity index is 744. The lowest BCUT2D eigenvalue weighted by Gasteiger charge is -2.08. The zero-order valence-corrected chi connectivity index (χ0v) is 13.5. The fourth-order valence-corrected chi connectivity index (χ4v) is 2.88. The standard InChI is InChI=1S/C17H17N3O2S/c1-22-14-9-7-13(8-10-14)16-18-17(20-19-16)23-11-15(21)12-5-3-2-4-6-12/h2-10,15,21H,11H2,1H3,(H,18,19,20). The van der Waals surface area contributed by atoms with Crippen LogP contribution in [0, 0.1) is 0 Å². The van der Waals surface area contributed by atoms with E-state index in [1.165, 1.54) is 11.8 Å². The highest BCUT2D eigenvalue weighted by atomic mass is 32.2. The molecule has 0 aliphatic heterocycles. The van der Waals surface area contributed by atoms with Crippen molar-refractivity contribution in [2.45, 2.75) is 11.3 Å². The molecule has 3 aromatic rings. The molecular formula is C17H17N3O2S. The predicted molar refractivity (Wildman–Crippen MR) is 90.5 cm³/mol. The normalized spacial score (nSPS) is 12.1. The fraction of sp³-hybridized carbons (Fsp3) is 0.176. The van der Waals surface area contributed by atoms with Crippen molar-refractivity contribution in [2.75, 3.05) is 12.9 Å². The fourth-order valence-electron chi connectivity index (χ4n) is 2.11. The summed E-state index contributed by atoms with van der Waals surface area (Å²) in [6, 6.07) is 17.2. The molecular weight excluding hydrogens is 310 g/mol. The number of nitrogens with one attached hydrogen (secondary N) is 1. The number of aromatic amines is 1. The summed E-state index contributed by atoms with van der Waals surface area (Å²) in [6.45, 7) is 0. The zero-order chi connectivity index (χ0) is 16.1. The van der Waals surface area contributed by atoms with E-state index >= 15 is 0 Å². The number of aliphatic hydroxyl groups excluding tert-OH is 1. The summed E-state index contributed by atoms with van der Waals surface area (Å²) < 4.78 is 5.14. The molecule has 0 saturated heterocycles. The average Bonchev–Trinajstić information content (AvgIpc) is 3.09. The molecule has 0 radical (unpaired) electrons. The molecule has 0 spiro atoms. The van der Waals surface area contributed by atoms with Crippen LogP contribution in [-0.4, -0.2) is 33.2 Å². The van der Waals surface area contributed by atoms with E-state index in [1.54, 1.807) is 7.11 Å². The number of benzene rings is 2. The first-order valence-electron chi connectivity index (χ1n) is 7.19. The van der Waals surface area contributed by atoms with Crippen LogP contribution in [0.4, 0.5) is 0 Å². The van der Waals surface area contributed by atoms with E-state index in [9.17, 15) is 5.11 Å². The second-order valence-corrected chi connectivity index (χ2v) is 5.92. The van der Waals surface area contributed by atoms with Gasteiger partial charge in [-0.25, -0.2) is 4.98 Å². The smallest absolute Gasteiger partial charge is 0.208 e. The number of nitrogens with zero attached hydrogens (tertiary/aromatic N) is 2. The molecule has 23 heavy (non-hydrogen) atoms. The third-order valence-electron chi connectivity index (χ3n) is 3.38. The lowest BCUT2D eigenvalue weighted by Crippen LogP contribution is -2.00. The van der Waals surface area contributed by atoms with Crippen LogP contribution in [0.3, 0.4) is 0 Å². The molecule has 2 aromatic carbocycles. The third kappa shape index (κ3) is 3.91. The first-order valence-corrected chi connectivity index (χ1v) is 8.17. The van der Waals surface area contributed by atoms with E-state index in [2.05, 4.69) is 15.2 Å². The summed E-state index contributed by atoms with van der Waals surface area (Å²) >= 11 is 1.42. The van der Waals surface area contributed by atoms with E-state index in [0.717, 1.165) is 16.9 Å². The van der Waals surface area contributed by atoms with Gasteiger partial charge in [-0.05, 0) is 29.8 Å². The minimum absolute atomic E-state index is 0.504. The SMILES string of the molecule is COc1ccc(-c2nc(SCC(O)c3ccccc3)n[nH]2)cc1. The van der Waals surface area contributed by atoms with E-state index < -0.39 is 6.10 Å². The van der Waals surface area contributed by atoms with E-state index in [0.29, 0.717) is 16.7 Å². The van der Waals surface area contributed by atoms with Crippen molar-refractivity contribution in [3.63, 3.8) is 0 Å². The highest BCUT2D eigenvalue weighted by Gasteiger charge is 2.11. The Morgan fingerprint density at radius 2 is 1.87 bits per heavy atom. The molecule has 0 aliphatic carbocycles. The predicted octanol–water partition coefficient (Wildman–Crippen LogP) is 3.31. The maximum absolute atomic E-state index is 10.2. The van der Waals surface area contributed by atoms with Crippen LogP contribution in [0.25, 0.3) is 11.4 Å². The zero-order valence-electron chi connectivity index (χ0n) is 12.6. The molecule has 5 nitrogen and oxygen atoms in total. The van der Waals surface area contributed by atoms with Gasteiger partial charge < -0.3 is 9.84 Å². The van der Waals surface area contributed by atoms with Gasteiger partial charge in [0.1, 0.15) is 5.75 Å². The first kappa shape index (κ1) is 15.6. The van der Waals surface area contributed by atoms with Crippen molar-refractivity contribution < 1.29 is 9.84 Å². The molecule has 1 heterocycles.